The molecule has 0 aromatic carbocycles. The van der Waals surface area contributed by atoms with Crippen LogP contribution < -0.4 is 5.32 Å². The van der Waals surface area contributed by atoms with Crippen molar-refractivity contribution in [2.24, 2.45) is 0 Å². The molecular formula is C11H24N2O. The van der Waals surface area contributed by atoms with E-state index >= 15 is 0 Å². The van der Waals surface area contributed by atoms with Crippen LogP contribution in [0.3, 0.4) is 0 Å². The highest BCUT2D eigenvalue weighted by atomic mass is 16.3. The molecule has 0 saturated carbocycles. The molecule has 0 bridgehead atoms. The van der Waals surface area contributed by atoms with Crippen molar-refractivity contribution in [2.45, 2.75) is 45.2 Å². The van der Waals surface area contributed by atoms with Gasteiger partial charge < -0.3 is 15.3 Å². The van der Waals surface area contributed by atoms with Crippen molar-refractivity contribution in [3.05, 3.63) is 0 Å². The Morgan fingerprint density at radius 3 is 2.86 bits per heavy atom. The maximum Gasteiger partial charge on any atom is 0.0582 e. The number of nitrogens with one attached hydrogen (secondary N) is 1. The van der Waals surface area contributed by atoms with E-state index in [0.717, 1.165) is 0 Å². The molecule has 0 amide bonds. The van der Waals surface area contributed by atoms with Crippen molar-refractivity contribution in [1.82, 2.24) is 10.2 Å². The number of nitrogens with zero attached hydrogens (tertiary/aromatic N) is 1. The third-order valence-corrected chi connectivity index (χ3v) is 3.06. The number of aliphatic hydroxyl groups is 1. The van der Waals surface area contributed by atoms with E-state index in [2.05, 4.69) is 17.1 Å². The minimum Gasteiger partial charge on any atom is -0.395 e. The van der Waals surface area contributed by atoms with E-state index < -0.39 is 0 Å². The zero-order valence-corrected chi connectivity index (χ0v) is 9.50. The van der Waals surface area contributed by atoms with Gasteiger partial charge in [0.1, 0.15) is 0 Å². The predicted octanol–water partition coefficient (Wildman–Crippen LogP) is 0.831. The van der Waals surface area contributed by atoms with E-state index in [1.807, 2.05) is 6.92 Å². The normalized spacial score (nSPS) is 27.2. The summed E-state index contributed by atoms with van der Waals surface area (Å²) in [7, 11) is 0. The average molecular weight is 200 g/mol. The monoisotopic (exact) mass is 200 g/mol. The second-order valence-electron chi connectivity index (χ2n) is 4.31. The van der Waals surface area contributed by atoms with Gasteiger partial charge in [0.15, 0.2) is 0 Å². The van der Waals surface area contributed by atoms with Gasteiger partial charge in [-0.25, -0.2) is 0 Å². The Morgan fingerprint density at radius 1 is 1.43 bits per heavy atom. The summed E-state index contributed by atoms with van der Waals surface area (Å²) in [5, 5.41) is 12.4. The molecule has 2 atom stereocenters. The number of likely N-dealkylation sites (tertiary alicyclic amines) is 1. The third kappa shape index (κ3) is 3.95. The molecule has 84 valence electrons. The van der Waals surface area contributed by atoms with Gasteiger partial charge in [-0.2, -0.15) is 0 Å². The second kappa shape index (κ2) is 6.38. The lowest BCUT2D eigenvalue weighted by Gasteiger charge is -2.21. The Balaban J connectivity index is 2.27. The minimum atomic E-state index is 0.244. The fourth-order valence-electron chi connectivity index (χ4n) is 2.09. The van der Waals surface area contributed by atoms with E-state index in [1.54, 1.807) is 0 Å². The van der Waals surface area contributed by atoms with Crippen LogP contribution in [0.5, 0.6) is 0 Å². The topological polar surface area (TPSA) is 35.5 Å². The lowest BCUT2D eigenvalue weighted by molar-refractivity contribution is 0.234. The van der Waals surface area contributed by atoms with Gasteiger partial charge in [-0.3, -0.25) is 0 Å². The average Bonchev–Trinajstić information content (AvgIpc) is 2.43. The standard InChI is InChI=1S/C11H24N2O/c1-3-13-7-4-5-11(6-8-13)12-10(2)9-14/h10-12,14H,3-9H2,1-2H3. The van der Waals surface area contributed by atoms with Gasteiger partial charge >= 0.3 is 0 Å². The van der Waals surface area contributed by atoms with Crippen molar-refractivity contribution in [2.75, 3.05) is 26.2 Å². The number of hydrogen-bond donors (Lipinski definition) is 2. The maximum absolute atomic E-state index is 8.96. The molecule has 0 aromatic heterocycles. The highest BCUT2D eigenvalue weighted by Gasteiger charge is 2.16. The Hall–Kier alpha value is -0.120. The van der Waals surface area contributed by atoms with Crippen molar-refractivity contribution < 1.29 is 5.11 Å². The van der Waals surface area contributed by atoms with Crippen LogP contribution in [-0.4, -0.2) is 48.3 Å². The molecule has 0 radical (unpaired) electrons. The third-order valence-electron chi connectivity index (χ3n) is 3.06. The summed E-state index contributed by atoms with van der Waals surface area (Å²) < 4.78 is 0. The van der Waals surface area contributed by atoms with Crippen LogP contribution in [0.2, 0.25) is 0 Å². The van der Waals surface area contributed by atoms with Gasteiger partial charge in [0.2, 0.25) is 0 Å². The molecule has 1 heterocycles. The summed E-state index contributed by atoms with van der Waals surface area (Å²) in [5.74, 6) is 0. The number of rotatable bonds is 4. The highest BCUT2D eigenvalue weighted by molar-refractivity contribution is 4.76. The van der Waals surface area contributed by atoms with Crippen LogP contribution in [0.25, 0.3) is 0 Å². The molecule has 1 aliphatic rings. The molecule has 0 aliphatic carbocycles. The summed E-state index contributed by atoms with van der Waals surface area (Å²) >= 11 is 0. The lowest BCUT2D eigenvalue weighted by atomic mass is 10.1. The van der Waals surface area contributed by atoms with Gasteiger partial charge in [-0.1, -0.05) is 6.92 Å². The quantitative estimate of drug-likeness (QED) is 0.705. The first kappa shape index (κ1) is 12.0. The van der Waals surface area contributed by atoms with Crippen LogP contribution in [-0.2, 0) is 0 Å². The van der Waals surface area contributed by atoms with Crippen LogP contribution in [0, 0.1) is 0 Å². The van der Waals surface area contributed by atoms with Crippen molar-refractivity contribution in [3.63, 3.8) is 0 Å². The van der Waals surface area contributed by atoms with Crippen molar-refractivity contribution >= 4 is 0 Å². The summed E-state index contributed by atoms with van der Waals surface area (Å²) in [4.78, 5) is 2.51. The molecule has 0 spiro atoms. The van der Waals surface area contributed by atoms with Crippen molar-refractivity contribution in [1.29, 1.82) is 0 Å². The largest absolute Gasteiger partial charge is 0.395 e. The fraction of sp³-hybridized carbons (Fsp3) is 1.00. The van der Waals surface area contributed by atoms with Crippen LogP contribution in [0.4, 0.5) is 0 Å². The van der Waals surface area contributed by atoms with E-state index in [0.29, 0.717) is 6.04 Å². The number of hydrogen-bond acceptors (Lipinski definition) is 3. The summed E-state index contributed by atoms with van der Waals surface area (Å²) in [6.07, 6.45) is 3.75. The van der Waals surface area contributed by atoms with Gasteiger partial charge in [0, 0.05) is 12.1 Å². The van der Waals surface area contributed by atoms with Crippen LogP contribution in [0.1, 0.15) is 33.1 Å². The van der Waals surface area contributed by atoms with Gasteiger partial charge in [-0.05, 0) is 45.8 Å². The van der Waals surface area contributed by atoms with Gasteiger partial charge in [0.25, 0.3) is 0 Å². The van der Waals surface area contributed by atoms with Gasteiger partial charge in [-0.15, -0.1) is 0 Å². The van der Waals surface area contributed by atoms with E-state index in [1.165, 1.54) is 38.9 Å². The first-order valence-corrected chi connectivity index (χ1v) is 5.85. The Morgan fingerprint density at radius 2 is 2.21 bits per heavy atom. The zero-order chi connectivity index (χ0) is 10.4. The first-order chi connectivity index (χ1) is 6.76. The fourth-order valence-corrected chi connectivity index (χ4v) is 2.09. The van der Waals surface area contributed by atoms with Gasteiger partial charge in [0.05, 0.1) is 6.61 Å². The molecule has 2 unspecified atom stereocenters. The lowest BCUT2D eigenvalue weighted by Crippen LogP contribution is -2.39. The Bertz CT molecular complexity index is 152. The Labute approximate surface area is 87.5 Å². The summed E-state index contributed by atoms with van der Waals surface area (Å²) in [6.45, 7) is 8.12. The number of aliphatic hydroxyl groups excluding tert-OH is 1. The molecule has 1 saturated heterocycles. The molecule has 1 aliphatic heterocycles. The zero-order valence-electron chi connectivity index (χ0n) is 9.50. The molecule has 14 heavy (non-hydrogen) atoms. The highest BCUT2D eigenvalue weighted by Crippen LogP contribution is 2.11. The molecule has 0 aromatic rings. The SMILES string of the molecule is CCN1CCCC(NC(C)CO)CC1. The maximum atomic E-state index is 8.96. The summed E-state index contributed by atoms with van der Waals surface area (Å²) in [6, 6.07) is 0.849. The molecule has 3 nitrogen and oxygen atoms in total. The Kier molecular flexibility index (Phi) is 5.45. The van der Waals surface area contributed by atoms with E-state index in [4.69, 9.17) is 5.11 Å². The molecule has 3 heteroatoms. The first-order valence-electron chi connectivity index (χ1n) is 5.85. The molecule has 1 fully saturated rings. The van der Waals surface area contributed by atoms with E-state index in [9.17, 15) is 0 Å². The second-order valence-corrected chi connectivity index (χ2v) is 4.31. The van der Waals surface area contributed by atoms with Crippen molar-refractivity contribution in [3.8, 4) is 0 Å². The summed E-state index contributed by atoms with van der Waals surface area (Å²) in [5.41, 5.74) is 0. The van der Waals surface area contributed by atoms with Crippen LogP contribution >= 0.6 is 0 Å². The predicted molar refractivity (Wildman–Crippen MR) is 59.4 cm³/mol. The smallest absolute Gasteiger partial charge is 0.0582 e. The van der Waals surface area contributed by atoms with Crippen LogP contribution in [0.15, 0.2) is 0 Å². The minimum absolute atomic E-state index is 0.244. The molecule has 1 rings (SSSR count). The molecule has 2 N–H and O–H groups in total. The molecular weight excluding hydrogens is 176 g/mol. The van der Waals surface area contributed by atoms with E-state index in [-0.39, 0.29) is 12.6 Å².